The van der Waals surface area contributed by atoms with E-state index in [1.165, 1.54) is 0 Å². The highest BCUT2D eigenvalue weighted by atomic mass is 16.5. The Morgan fingerprint density at radius 1 is 1.40 bits per heavy atom. The molecule has 1 N–H and O–H groups in total. The number of amides is 1. The van der Waals surface area contributed by atoms with Gasteiger partial charge in [0.2, 0.25) is 5.91 Å². The summed E-state index contributed by atoms with van der Waals surface area (Å²) in [5.41, 5.74) is 0. The van der Waals surface area contributed by atoms with Crippen LogP contribution in [0.15, 0.2) is 0 Å². The highest BCUT2D eigenvalue weighted by Crippen LogP contribution is 2.19. The summed E-state index contributed by atoms with van der Waals surface area (Å²) in [6.45, 7) is 6.11. The topological polar surface area (TPSA) is 41.6 Å². The first-order valence-electron chi connectivity index (χ1n) is 5.93. The van der Waals surface area contributed by atoms with Crippen LogP contribution in [-0.4, -0.2) is 49.7 Å². The molecular formula is C11H20N2O2. The van der Waals surface area contributed by atoms with Gasteiger partial charge in [0.25, 0.3) is 0 Å². The summed E-state index contributed by atoms with van der Waals surface area (Å²) < 4.78 is 5.39. The van der Waals surface area contributed by atoms with Gasteiger partial charge < -0.3 is 15.0 Å². The van der Waals surface area contributed by atoms with Gasteiger partial charge in [0, 0.05) is 19.1 Å². The fourth-order valence-electron chi connectivity index (χ4n) is 2.43. The third kappa shape index (κ3) is 2.32. The summed E-state index contributed by atoms with van der Waals surface area (Å²) >= 11 is 0. The molecule has 86 valence electrons. The van der Waals surface area contributed by atoms with Crippen molar-refractivity contribution in [1.82, 2.24) is 10.2 Å². The van der Waals surface area contributed by atoms with E-state index in [-0.39, 0.29) is 17.9 Å². The number of hydrogen-bond donors (Lipinski definition) is 1. The Balaban J connectivity index is 1.92. The fourth-order valence-corrected chi connectivity index (χ4v) is 2.43. The molecule has 2 rings (SSSR count). The van der Waals surface area contributed by atoms with Crippen LogP contribution in [0.25, 0.3) is 0 Å². The van der Waals surface area contributed by atoms with Gasteiger partial charge in [-0.15, -0.1) is 0 Å². The third-order valence-corrected chi connectivity index (χ3v) is 3.28. The highest BCUT2D eigenvalue weighted by Gasteiger charge is 2.36. The van der Waals surface area contributed by atoms with Crippen molar-refractivity contribution in [3.05, 3.63) is 0 Å². The molecule has 4 nitrogen and oxygen atoms in total. The predicted octanol–water partition coefficient (Wildman–Crippen LogP) is 0.233. The Labute approximate surface area is 91.0 Å². The number of carbonyl (C=O) groups excluding carboxylic acids is 1. The van der Waals surface area contributed by atoms with Crippen LogP contribution in [0.5, 0.6) is 0 Å². The van der Waals surface area contributed by atoms with Crippen molar-refractivity contribution in [2.24, 2.45) is 5.92 Å². The van der Waals surface area contributed by atoms with Gasteiger partial charge in [0.05, 0.1) is 19.1 Å². The number of nitrogens with zero attached hydrogens (tertiary/aromatic N) is 1. The van der Waals surface area contributed by atoms with Crippen molar-refractivity contribution < 1.29 is 9.53 Å². The van der Waals surface area contributed by atoms with Gasteiger partial charge in [-0.2, -0.15) is 0 Å². The summed E-state index contributed by atoms with van der Waals surface area (Å²) in [6, 6.07) is 0.225. The molecule has 0 aromatic carbocycles. The molecule has 2 atom stereocenters. The van der Waals surface area contributed by atoms with Crippen LogP contribution in [0, 0.1) is 5.92 Å². The second-order valence-electron chi connectivity index (χ2n) is 4.34. The zero-order chi connectivity index (χ0) is 10.7. The number of rotatable bonds is 3. The maximum Gasteiger partial charge on any atom is 0.229 e. The lowest BCUT2D eigenvalue weighted by molar-refractivity contribution is -0.134. The molecule has 0 saturated carbocycles. The first-order valence-corrected chi connectivity index (χ1v) is 5.93. The van der Waals surface area contributed by atoms with Gasteiger partial charge in [-0.25, -0.2) is 0 Å². The van der Waals surface area contributed by atoms with E-state index in [4.69, 9.17) is 4.74 Å². The van der Waals surface area contributed by atoms with E-state index < -0.39 is 0 Å². The monoisotopic (exact) mass is 212 g/mol. The second kappa shape index (κ2) is 4.94. The van der Waals surface area contributed by atoms with Crippen molar-refractivity contribution in [2.45, 2.75) is 25.8 Å². The van der Waals surface area contributed by atoms with Crippen molar-refractivity contribution >= 4 is 5.91 Å². The average Bonchev–Trinajstić information content (AvgIpc) is 2.87. The lowest BCUT2D eigenvalue weighted by Gasteiger charge is -2.23. The molecule has 2 aliphatic heterocycles. The second-order valence-corrected chi connectivity index (χ2v) is 4.34. The van der Waals surface area contributed by atoms with E-state index in [9.17, 15) is 4.79 Å². The fraction of sp³-hybridized carbons (Fsp3) is 0.909. The van der Waals surface area contributed by atoms with Crippen LogP contribution >= 0.6 is 0 Å². The molecule has 2 unspecified atom stereocenters. The van der Waals surface area contributed by atoms with E-state index in [0.717, 1.165) is 32.5 Å². The average molecular weight is 212 g/mol. The van der Waals surface area contributed by atoms with Crippen molar-refractivity contribution in [2.75, 3.05) is 32.8 Å². The van der Waals surface area contributed by atoms with E-state index in [2.05, 4.69) is 12.2 Å². The molecule has 2 saturated heterocycles. The zero-order valence-corrected chi connectivity index (χ0v) is 9.37. The highest BCUT2D eigenvalue weighted by molar-refractivity contribution is 5.80. The Morgan fingerprint density at radius 2 is 2.13 bits per heavy atom. The van der Waals surface area contributed by atoms with Crippen LogP contribution in [0.4, 0.5) is 0 Å². The molecule has 4 heteroatoms. The van der Waals surface area contributed by atoms with Gasteiger partial charge in [0.1, 0.15) is 0 Å². The van der Waals surface area contributed by atoms with Gasteiger partial charge in [0.15, 0.2) is 0 Å². The number of likely N-dealkylation sites (tertiary alicyclic amines) is 1. The van der Waals surface area contributed by atoms with Crippen LogP contribution in [0.1, 0.15) is 19.8 Å². The minimum absolute atomic E-state index is 0.0445. The Bertz CT molecular complexity index is 227. The molecule has 0 spiro atoms. The smallest absolute Gasteiger partial charge is 0.229 e. The number of hydrogen-bond acceptors (Lipinski definition) is 3. The van der Waals surface area contributed by atoms with Crippen molar-refractivity contribution in [3.8, 4) is 0 Å². The van der Waals surface area contributed by atoms with Crippen LogP contribution in [0.3, 0.4) is 0 Å². The lowest BCUT2D eigenvalue weighted by atomic mass is 10.0. The zero-order valence-electron chi connectivity index (χ0n) is 9.37. The third-order valence-electron chi connectivity index (χ3n) is 3.28. The SMILES string of the molecule is CCNC1COCC1C(=O)N1CCCC1. The molecule has 2 aliphatic rings. The number of nitrogens with one attached hydrogen (secondary N) is 1. The quantitative estimate of drug-likeness (QED) is 0.728. The largest absolute Gasteiger partial charge is 0.379 e. The molecule has 0 aromatic rings. The molecule has 0 aliphatic carbocycles. The Kier molecular flexibility index (Phi) is 3.59. The van der Waals surface area contributed by atoms with Gasteiger partial charge in [-0.3, -0.25) is 4.79 Å². The maximum atomic E-state index is 12.1. The van der Waals surface area contributed by atoms with Crippen LogP contribution in [-0.2, 0) is 9.53 Å². The summed E-state index contributed by atoms with van der Waals surface area (Å²) in [6.07, 6.45) is 2.32. The van der Waals surface area contributed by atoms with Gasteiger partial charge >= 0.3 is 0 Å². The molecular weight excluding hydrogens is 192 g/mol. The molecule has 0 aromatic heterocycles. The normalized spacial score (nSPS) is 31.1. The number of carbonyl (C=O) groups is 1. The summed E-state index contributed by atoms with van der Waals surface area (Å²) in [5.74, 6) is 0.332. The van der Waals surface area contributed by atoms with Gasteiger partial charge in [-0.1, -0.05) is 6.92 Å². The molecule has 0 bridgehead atoms. The van der Waals surface area contributed by atoms with Gasteiger partial charge in [-0.05, 0) is 19.4 Å². The Hall–Kier alpha value is -0.610. The van der Waals surface area contributed by atoms with Crippen LogP contribution in [0.2, 0.25) is 0 Å². The minimum Gasteiger partial charge on any atom is -0.379 e. The van der Waals surface area contributed by atoms with Crippen molar-refractivity contribution in [3.63, 3.8) is 0 Å². The summed E-state index contributed by atoms with van der Waals surface area (Å²) in [4.78, 5) is 14.1. The van der Waals surface area contributed by atoms with E-state index in [0.29, 0.717) is 13.2 Å². The van der Waals surface area contributed by atoms with Crippen molar-refractivity contribution in [1.29, 1.82) is 0 Å². The van der Waals surface area contributed by atoms with E-state index in [1.807, 2.05) is 4.90 Å². The number of ether oxygens (including phenoxy) is 1. The molecule has 2 heterocycles. The van der Waals surface area contributed by atoms with E-state index in [1.54, 1.807) is 0 Å². The Morgan fingerprint density at radius 3 is 2.80 bits per heavy atom. The molecule has 2 fully saturated rings. The summed E-state index contributed by atoms with van der Waals surface area (Å²) in [7, 11) is 0. The molecule has 1 amide bonds. The minimum atomic E-state index is 0.0445. The van der Waals surface area contributed by atoms with Crippen LogP contribution < -0.4 is 5.32 Å². The summed E-state index contributed by atoms with van der Waals surface area (Å²) in [5, 5.41) is 3.33. The molecule has 0 radical (unpaired) electrons. The number of likely N-dealkylation sites (N-methyl/N-ethyl adjacent to an activating group) is 1. The van der Waals surface area contributed by atoms with E-state index >= 15 is 0 Å². The first kappa shape index (κ1) is 10.9. The predicted molar refractivity (Wildman–Crippen MR) is 57.6 cm³/mol. The lowest BCUT2D eigenvalue weighted by Crippen LogP contribution is -2.44. The maximum absolute atomic E-state index is 12.1. The molecule has 15 heavy (non-hydrogen) atoms. The standard InChI is InChI=1S/C11H20N2O2/c1-2-12-10-8-15-7-9(10)11(14)13-5-3-4-6-13/h9-10,12H,2-8H2,1H3. The first-order chi connectivity index (χ1) is 7.33.